The van der Waals surface area contributed by atoms with Gasteiger partial charge in [-0.3, -0.25) is 10.1 Å². The highest BCUT2D eigenvalue weighted by atomic mass is 19.1. The van der Waals surface area contributed by atoms with E-state index in [1.165, 1.54) is 11.6 Å². The van der Waals surface area contributed by atoms with Crippen molar-refractivity contribution >= 4 is 5.91 Å². The third kappa shape index (κ3) is 5.25. The lowest BCUT2D eigenvalue weighted by Gasteiger charge is -2.20. The van der Waals surface area contributed by atoms with Crippen molar-refractivity contribution in [1.82, 2.24) is 10.6 Å². The minimum absolute atomic E-state index is 0.0917. The molecule has 138 valence electrons. The summed E-state index contributed by atoms with van der Waals surface area (Å²) in [6.07, 6.45) is 0. The van der Waals surface area contributed by atoms with E-state index >= 15 is 0 Å². The van der Waals surface area contributed by atoms with Crippen LogP contribution in [0, 0.1) is 12.7 Å². The van der Waals surface area contributed by atoms with E-state index in [1.54, 1.807) is 18.2 Å². The molecule has 2 N–H and O–H groups in total. The molecule has 3 aromatic rings. The van der Waals surface area contributed by atoms with Gasteiger partial charge in [-0.15, -0.1) is 0 Å². The van der Waals surface area contributed by atoms with Gasteiger partial charge >= 0.3 is 0 Å². The quantitative estimate of drug-likeness (QED) is 0.664. The first kappa shape index (κ1) is 18.8. The fraction of sp³-hybridized carbons (Fsp3) is 0.174. The van der Waals surface area contributed by atoms with E-state index in [0.29, 0.717) is 5.56 Å². The predicted octanol–water partition coefficient (Wildman–Crippen LogP) is 4.13. The molecule has 0 aliphatic heterocycles. The largest absolute Gasteiger partial charge is 0.351 e. The zero-order valence-corrected chi connectivity index (χ0v) is 15.3. The van der Waals surface area contributed by atoms with Crippen LogP contribution >= 0.6 is 0 Å². The highest BCUT2D eigenvalue weighted by Gasteiger charge is 2.15. The Morgan fingerprint density at radius 1 is 0.889 bits per heavy atom. The lowest BCUT2D eigenvalue weighted by molar-refractivity contribution is -0.120. The number of aryl methyl sites for hydroxylation is 1. The van der Waals surface area contributed by atoms with Gasteiger partial charge in [0.05, 0.1) is 12.6 Å². The van der Waals surface area contributed by atoms with Crippen molar-refractivity contribution in [3.8, 4) is 0 Å². The van der Waals surface area contributed by atoms with E-state index < -0.39 is 0 Å². The summed E-state index contributed by atoms with van der Waals surface area (Å²) in [5.74, 6) is -0.487. The van der Waals surface area contributed by atoms with Gasteiger partial charge in [0, 0.05) is 12.1 Å². The van der Waals surface area contributed by atoms with Crippen molar-refractivity contribution in [1.29, 1.82) is 0 Å². The molecule has 1 atom stereocenters. The first-order chi connectivity index (χ1) is 13.1. The molecule has 0 saturated carbocycles. The number of carbonyl (C=O) groups excluding carboxylic acids is 1. The number of benzene rings is 3. The molecule has 0 heterocycles. The summed E-state index contributed by atoms with van der Waals surface area (Å²) in [5, 5.41) is 6.08. The molecule has 0 saturated heterocycles. The van der Waals surface area contributed by atoms with Crippen molar-refractivity contribution in [3.05, 3.63) is 107 Å². The lowest BCUT2D eigenvalue weighted by Crippen LogP contribution is -2.36. The Balaban J connectivity index is 1.65. The molecule has 0 aliphatic rings. The second-order valence-electron chi connectivity index (χ2n) is 6.50. The summed E-state index contributed by atoms with van der Waals surface area (Å²) in [5.41, 5.74) is 3.84. The fourth-order valence-corrected chi connectivity index (χ4v) is 2.93. The van der Waals surface area contributed by atoms with Crippen LogP contribution in [0.2, 0.25) is 0 Å². The molecule has 0 radical (unpaired) electrons. The second kappa shape index (κ2) is 9.10. The minimum atomic E-state index is -0.312. The SMILES string of the molecule is Cc1ccc([C@@H](NCC(=O)NCc2ccccc2F)c2ccccc2)cc1. The third-order valence-corrected chi connectivity index (χ3v) is 4.44. The zero-order valence-electron chi connectivity index (χ0n) is 15.3. The Morgan fingerprint density at radius 3 is 2.22 bits per heavy atom. The molecule has 0 spiro atoms. The van der Waals surface area contributed by atoms with Gasteiger partial charge in [0.25, 0.3) is 0 Å². The zero-order chi connectivity index (χ0) is 19.1. The maximum Gasteiger partial charge on any atom is 0.234 e. The smallest absolute Gasteiger partial charge is 0.234 e. The van der Waals surface area contributed by atoms with Crippen LogP contribution in [-0.4, -0.2) is 12.5 Å². The number of carbonyl (C=O) groups is 1. The molecule has 0 unspecified atom stereocenters. The number of halogens is 1. The van der Waals surface area contributed by atoms with E-state index in [9.17, 15) is 9.18 Å². The van der Waals surface area contributed by atoms with Gasteiger partial charge in [0.2, 0.25) is 5.91 Å². The van der Waals surface area contributed by atoms with Crippen molar-refractivity contribution < 1.29 is 9.18 Å². The van der Waals surface area contributed by atoms with Gasteiger partial charge < -0.3 is 5.32 Å². The van der Waals surface area contributed by atoms with Gasteiger partial charge in [-0.25, -0.2) is 4.39 Å². The Bertz CT molecular complexity index is 878. The number of nitrogens with one attached hydrogen (secondary N) is 2. The Morgan fingerprint density at radius 2 is 1.52 bits per heavy atom. The maximum absolute atomic E-state index is 13.7. The predicted molar refractivity (Wildman–Crippen MR) is 106 cm³/mol. The summed E-state index contributed by atoms with van der Waals surface area (Å²) in [6, 6.07) is 24.6. The summed E-state index contributed by atoms with van der Waals surface area (Å²) in [6.45, 7) is 2.36. The second-order valence-corrected chi connectivity index (χ2v) is 6.50. The minimum Gasteiger partial charge on any atom is -0.351 e. The molecule has 1 amide bonds. The summed E-state index contributed by atoms with van der Waals surface area (Å²) in [7, 11) is 0. The summed E-state index contributed by atoms with van der Waals surface area (Å²) >= 11 is 0. The van der Waals surface area contributed by atoms with E-state index in [1.807, 2.05) is 37.3 Å². The molecule has 3 nitrogen and oxygen atoms in total. The van der Waals surface area contributed by atoms with Crippen LogP contribution in [-0.2, 0) is 11.3 Å². The molecular formula is C23H23FN2O. The van der Waals surface area contributed by atoms with Crippen LogP contribution in [0.1, 0.15) is 28.3 Å². The number of amides is 1. The number of rotatable bonds is 7. The number of hydrogen-bond donors (Lipinski definition) is 2. The maximum atomic E-state index is 13.7. The van der Waals surface area contributed by atoms with Crippen LogP contribution < -0.4 is 10.6 Å². The van der Waals surface area contributed by atoms with Crippen LogP contribution in [0.15, 0.2) is 78.9 Å². The average Bonchev–Trinajstić information content (AvgIpc) is 2.69. The van der Waals surface area contributed by atoms with E-state index in [2.05, 4.69) is 34.9 Å². The normalized spacial score (nSPS) is 11.8. The monoisotopic (exact) mass is 362 g/mol. The first-order valence-electron chi connectivity index (χ1n) is 8.98. The van der Waals surface area contributed by atoms with Crippen LogP contribution in [0.3, 0.4) is 0 Å². The molecule has 3 rings (SSSR count). The lowest BCUT2D eigenvalue weighted by atomic mass is 9.98. The van der Waals surface area contributed by atoms with Gasteiger partial charge in [0.1, 0.15) is 5.82 Å². The third-order valence-electron chi connectivity index (χ3n) is 4.44. The standard InChI is InChI=1S/C23H23FN2O/c1-17-11-13-19(14-12-17)23(18-7-3-2-4-8-18)26-16-22(27)25-15-20-9-5-6-10-21(20)24/h2-14,23,26H,15-16H2,1H3,(H,25,27)/t23-/m0/s1. The molecule has 4 heteroatoms. The van der Waals surface area contributed by atoms with E-state index in [-0.39, 0.29) is 30.9 Å². The molecule has 0 fully saturated rings. The van der Waals surface area contributed by atoms with Crippen LogP contribution in [0.4, 0.5) is 4.39 Å². The van der Waals surface area contributed by atoms with Crippen molar-refractivity contribution in [2.45, 2.75) is 19.5 Å². The highest BCUT2D eigenvalue weighted by Crippen LogP contribution is 2.22. The molecule has 0 aliphatic carbocycles. The average molecular weight is 362 g/mol. The Kier molecular flexibility index (Phi) is 6.34. The number of hydrogen-bond acceptors (Lipinski definition) is 2. The van der Waals surface area contributed by atoms with Gasteiger partial charge in [0.15, 0.2) is 0 Å². The van der Waals surface area contributed by atoms with Gasteiger partial charge in [-0.05, 0) is 24.1 Å². The first-order valence-corrected chi connectivity index (χ1v) is 8.98. The summed E-state index contributed by atoms with van der Waals surface area (Å²) < 4.78 is 13.7. The fourth-order valence-electron chi connectivity index (χ4n) is 2.93. The molecule has 27 heavy (non-hydrogen) atoms. The van der Waals surface area contributed by atoms with Crippen molar-refractivity contribution in [2.75, 3.05) is 6.54 Å². The summed E-state index contributed by atoms with van der Waals surface area (Å²) in [4.78, 5) is 12.3. The molecular weight excluding hydrogens is 339 g/mol. The van der Waals surface area contributed by atoms with Gasteiger partial charge in [-0.1, -0.05) is 78.4 Å². The molecule has 0 aromatic heterocycles. The topological polar surface area (TPSA) is 41.1 Å². The van der Waals surface area contributed by atoms with Crippen molar-refractivity contribution in [2.24, 2.45) is 0 Å². The highest BCUT2D eigenvalue weighted by molar-refractivity contribution is 5.78. The van der Waals surface area contributed by atoms with E-state index in [0.717, 1.165) is 11.1 Å². The van der Waals surface area contributed by atoms with Crippen molar-refractivity contribution in [3.63, 3.8) is 0 Å². The molecule has 3 aromatic carbocycles. The Labute approximate surface area is 159 Å². The van der Waals surface area contributed by atoms with Crippen LogP contribution in [0.5, 0.6) is 0 Å². The Hall–Kier alpha value is -2.98. The van der Waals surface area contributed by atoms with Crippen LogP contribution in [0.25, 0.3) is 0 Å². The van der Waals surface area contributed by atoms with Gasteiger partial charge in [-0.2, -0.15) is 0 Å². The van der Waals surface area contributed by atoms with E-state index in [4.69, 9.17) is 0 Å². The molecule has 0 bridgehead atoms.